The summed E-state index contributed by atoms with van der Waals surface area (Å²) in [6, 6.07) is 3.57. The maximum atomic E-state index is 10.8. The maximum absolute atomic E-state index is 10.8. The Morgan fingerprint density at radius 3 is 2.88 bits per heavy atom. The molecule has 3 heterocycles. The summed E-state index contributed by atoms with van der Waals surface area (Å²) in [4.78, 5) is 30.1. The lowest BCUT2D eigenvalue weighted by molar-refractivity contribution is -0.0422. The number of aliphatic hydroxyl groups is 1. The molecule has 138 valence electrons. The fraction of sp³-hybridized carbons (Fsp3) is 0.357. The SMILES string of the molecule is Nc1ncnc2cc3c(cc12)ncn3[C@H]1C[C@H](O)[C@@H](COP(=O)(O)O)O1. The van der Waals surface area contributed by atoms with Crippen LogP contribution < -0.4 is 5.73 Å². The topological polar surface area (TPSA) is 166 Å². The second kappa shape index (κ2) is 6.23. The Bertz CT molecular complexity index is 1020. The summed E-state index contributed by atoms with van der Waals surface area (Å²) in [5, 5.41) is 10.8. The number of phosphoric acid groups is 1. The van der Waals surface area contributed by atoms with Crippen molar-refractivity contribution in [3.63, 3.8) is 0 Å². The van der Waals surface area contributed by atoms with Gasteiger partial charge in [0.15, 0.2) is 0 Å². The Balaban J connectivity index is 1.64. The third-order valence-electron chi connectivity index (χ3n) is 4.28. The smallest absolute Gasteiger partial charge is 0.390 e. The van der Waals surface area contributed by atoms with Gasteiger partial charge in [0, 0.05) is 11.8 Å². The quantitative estimate of drug-likeness (QED) is 0.462. The van der Waals surface area contributed by atoms with Gasteiger partial charge < -0.3 is 29.9 Å². The van der Waals surface area contributed by atoms with Crippen molar-refractivity contribution in [3.8, 4) is 0 Å². The van der Waals surface area contributed by atoms with Crippen molar-refractivity contribution in [2.75, 3.05) is 12.3 Å². The number of aliphatic hydroxyl groups excluding tert-OH is 1. The fourth-order valence-electron chi connectivity index (χ4n) is 3.03. The molecule has 12 heteroatoms. The Morgan fingerprint density at radius 1 is 1.31 bits per heavy atom. The first-order chi connectivity index (χ1) is 12.3. The van der Waals surface area contributed by atoms with E-state index in [0.717, 1.165) is 5.52 Å². The first kappa shape index (κ1) is 17.3. The largest absolute Gasteiger partial charge is 0.469 e. The van der Waals surface area contributed by atoms with E-state index in [1.54, 1.807) is 23.0 Å². The average Bonchev–Trinajstić information content (AvgIpc) is 3.14. The molecule has 0 amide bonds. The normalized spacial score (nSPS) is 23.9. The second-order valence-corrected chi connectivity index (χ2v) is 7.23. The van der Waals surface area contributed by atoms with Crippen LogP contribution in [-0.4, -0.2) is 53.2 Å². The van der Waals surface area contributed by atoms with Gasteiger partial charge in [-0.2, -0.15) is 0 Å². The molecule has 0 aliphatic carbocycles. The van der Waals surface area contributed by atoms with Gasteiger partial charge in [-0.3, -0.25) is 4.52 Å². The number of hydrogen-bond acceptors (Lipinski definition) is 8. The van der Waals surface area contributed by atoms with Crippen LogP contribution >= 0.6 is 7.82 Å². The van der Waals surface area contributed by atoms with Crippen molar-refractivity contribution >= 4 is 35.6 Å². The van der Waals surface area contributed by atoms with Crippen LogP contribution in [0.3, 0.4) is 0 Å². The van der Waals surface area contributed by atoms with E-state index >= 15 is 0 Å². The van der Waals surface area contributed by atoms with Crippen LogP contribution in [0.1, 0.15) is 12.6 Å². The van der Waals surface area contributed by atoms with Gasteiger partial charge in [0.05, 0.1) is 35.6 Å². The Labute approximate surface area is 146 Å². The van der Waals surface area contributed by atoms with Crippen molar-refractivity contribution in [2.24, 2.45) is 0 Å². The minimum atomic E-state index is -4.63. The van der Waals surface area contributed by atoms with E-state index in [4.69, 9.17) is 20.3 Å². The molecule has 5 N–H and O–H groups in total. The van der Waals surface area contributed by atoms with Crippen LogP contribution in [0.4, 0.5) is 5.82 Å². The number of ether oxygens (including phenoxy) is 1. The van der Waals surface area contributed by atoms with Crippen LogP contribution in [-0.2, 0) is 13.8 Å². The van der Waals surface area contributed by atoms with E-state index in [2.05, 4.69) is 19.5 Å². The van der Waals surface area contributed by atoms with Gasteiger partial charge in [-0.1, -0.05) is 0 Å². The standard InChI is InChI=1S/C14H16N5O6P/c15-14-7-1-9-10(2-8(7)16-5-17-14)19(6-18-9)13-3-11(20)12(25-13)4-24-26(21,22)23/h1-2,5-6,11-13,20H,3-4H2,(H2,15,16,17)(H2,21,22,23)/t11-,12+,13+/m0/s1. The number of rotatable bonds is 4. The number of benzene rings is 1. The van der Waals surface area contributed by atoms with E-state index in [1.807, 2.05) is 0 Å². The number of hydrogen-bond donors (Lipinski definition) is 4. The van der Waals surface area contributed by atoms with E-state index in [9.17, 15) is 9.67 Å². The number of aromatic nitrogens is 4. The number of fused-ring (bicyclic) bond motifs is 2. The molecule has 2 aromatic heterocycles. The molecule has 4 rings (SSSR count). The van der Waals surface area contributed by atoms with Gasteiger partial charge in [-0.25, -0.2) is 19.5 Å². The lowest BCUT2D eigenvalue weighted by Gasteiger charge is -2.16. The van der Waals surface area contributed by atoms with E-state index in [0.29, 0.717) is 22.2 Å². The number of imidazole rings is 1. The zero-order valence-corrected chi connectivity index (χ0v) is 14.2. The minimum absolute atomic E-state index is 0.227. The lowest BCUT2D eigenvalue weighted by Crippen LogP contribution is -2.25. The van der Waals surface area contributed by atoms with Gasteiger partial charge in [0.2, 0.25) is 0 Å². The molecule has 1 aliphatic rings. The Morgan fingerprint density at radius 2 is 2.12 bits per heavy atom. The summed E-state index contributed by atoms with van der Waals surface area (Å²) in [5.41, 5.74) is 7.89. The van der Waals surface area contributed by atoms with Crippen molar-refractivity contribution in [1.29, 1.82) is 0 Å². The number of nitrogens with two attached hydrogens (primary N) is 1. The highest BCUT2D eigenvalue weighted by atomic mass is 31.2. The summed E-state index contributed by atoms with van der Waals surface area (Å²) >= 11 is 0. The summed E-state index contributed by atoms with van der Waals surface area (Å²) in [6.45, 7) is -0.415. The minimum Gasteiger partial charge on any atom is -0.390 e. The molecular weight excluding hydrogens is 365 g/mol. The van der Waals surface area contributed by atoms with Crippen LogP contribution in [0.2, 0.25) is 0 Å². The molecule has 0 unspecified atom stereocenters. The molecule has 1 aromatic carbocycles. The third kappa shape index (κ3) is 3.16. The Hall–Kier alpha value is -2.14. The van der Waals surface area contributed by atoms with Crippen molar-refractivity contribution in [3.05, 3.63) is 24.8 Å². The molecule has 26 heavy (non-hydrogen) atoms. The summed E-state index contributed by atoms with van der Waals surface area (Å²) in [5.74, 6) is 0.355. The highest BCUT2D eigenvalue weighted by Crippen LogP contribution is 2.39. The first-order valence-electron chi connectivity index (χ1n) is 7.72. The molecular formula is C14H16N5O6P. The van der Waals surface area contributed by atoms with Gasteiger partial charge in [0.25, 0.3) is 0 Å². The van der Waals surface area contributed by atoms with Gasteiger partial charge in [0.1, 0.15) is 24.5 Å². The molecule has 0 radical (unpaired) electrons. The van der Waals surface area contributed by atoms with Crippen LogP contribution in [0.15, 0.2) is 24.8 Å². The number of nitrogens with zero attached hydrogens (tertiary/aromatic N) is 4. The van der Waals surface area contributed by atoms with E-state index in [1.165, 1.54) is 6.33 Å². The van der Waals surface area contributed by atoms with E-state index < -0.39 is 32.9 Å². The second-order valence-electron chi connectivity index (χ2n) is 5.99. The average molecular weight is 381 g/mol. The van der Waals surface area contributed by atoms with Crippen LogP contribution in [0.25, 0.3) is 21.9 Å². The molecule has 11 nitrogen and oxygen atoms in total. The molecule has 3 aromatic rings. The molecule has 0 saturated carbocycles. The monoisotopic (exact) mass is 381 g/mol. The predicted molar refractivity (Wildman–Crippen MR) is 89.8 cm³/mol. The van der Waals surface area contributed by atoms with E-state index in [-0.39, 0.29) is 6.42 Å². The van der Waals surface area contributed by atoms with Crippen LogP contribution in [0, 0.1) is 0 Å². The Kier molecular flexibility index (Phi) is 4.14. The predicted octanol–water partition coefficient (Wildman–Crippen LogP) is 0.319. The molecule has 0 spiro atoms. The zero-order chi connectivity index (χ0) is 18.5. The molecule has 1 fully saturated rings. The van der Waals surface area contributed by atoms with Crippen LogP contribution in [0.5, 0.6) is 0 Å². The molecule has 1 aliphatic heterocycles. The zero-order valence-electron chi connectivity index (χ0n) is 13.3. The first-order valence-corrected chi connectivity index (χ1v) is 9.25. The van der Waals surface area contributed by atoms with Gasteiger partial charge in [-0.15, -0.1) is 0 Å². The van der Waals surface area contributed by atoms with Gasteiger partial charge in [-0.05, 0) is 12.1 Å². The third-order valence-corrected chi connectivity index (χ3v) is 4.77. The number of phosphoric ester groups is 1. The van der Waals surface area contributed by atoms with Crippen molar-refractivity contribution in [2.45, 2.75) is 24.9 Å². The van der Waals surface area contributed by atoms with Crippen molar-refractivity contribution in [1.82, 2.24) is 19.5 Å². The highest BCUT2D eigenvalue weighted by molar-refractivity contribution is 7.46. The van der Waals surface area contributed by atoms with Gasteiger partial charge >= 0.3 is 7.82 Å². The number of anilines is 1. The molecule has 3 atom stereocenters. The maximum Gasteiger partial charge on any atom is 0.469 e. The molecule has 0 bridgehead atoms. The fourth-order valence-corrected chi connectivity index (χ4v) is 3.37. The summed E-state index contributed by atoms with van der Waals surface area (Å²) in [6.07, 6.45) is 0.819. The highest BCUT2D eigenvalue weighted by Gasteiger charge is 2.37. The summed E-state index contributed by atoms with van der Waals surface area (Å²) < 4.78 is 22.7. The lowest BCUT2D eigenvalue weighted by atomic mass is 10.2. The van der Waals surface area contributed by atoms with Crippen molar-refractivity contribution < 1.29 is 28.7 Å². The summed E-state index contributed by atoms with van der Waals surface area (Å²) in [7, 11) is -4.63. The number of nitrogen functional groups attached to an aromatic ring is 1. The molecule has 1 saturated heterocycles.